The molecule has 0 fully saturated rings. The topological polar surface area (TPSA) is 56.8 Å². The number of methoxy groups -OCH3 is 2. The molecule has 2 rings (SSSR count). The van der Waals surface area contributed by atoms with Gasteiger partial charge in [-0.3, -0.25) is 4.79 Å². The van der Waals surface area contributed by atoms with Crippen LogP contribution in [0.2, 0.25) is 5.02 Å². The molecule has 0 saturated heterocycles. The van der Waals surface area contributed by atoms with E-state index in [0.29, 0.717) is 35.9 Å². The van der Waals surface area contributed by atoms with Crippen molar-refractivity contribution in [3.05, 3.63) is 47.5 Å². The van der Waals surface area contributed by atoms with Crippen molar-refractivity contribution in [3.8, 4) is 17.2 Å². The van der Waals surface area contributed by atoms with Crippen LogP contribution in [0.3, 0.4) is 0 Å². The molecular formula is C18H20ClNO4. The molecule has 0 bridgehead atoms. The van der Waals surface area contributed by atoms with E-state index in [1.54, 1.807) is 25.3 Å². The van der Waals surface area contributed by atoms with Crippen molar-refractivity contribution in [2.24, 2.45) is 0 Å². The average Bonchev–Trinajstić information content (AvgIpc) is 2.59. The van der Waals surface area contributed by atoms with Crippen LogP contribution in [0.25, 0.3) is 0 Å². The first-order valence-electron chi connectivity index (χ1n) is 7.53. The van der Waals surface area contributed by atoms with Crippen LogP contribution in [-0.4, -0.2) is 26.7 Å². The third kappa shape index (κ3) is 5.06. The highest BCUT2D eigenvalue weighted by Gasteiger charge is 2.10. The number of carbonyl (C=O) groups is 1. The monoisotopic (exact) mass is 349 g/mol. The lowest BCUT2D eigenvalue weighted by Crippen LogP contribution is -2.13. The highest BCUT2D eigenvalue weighted by molar-refractivity contribution is 6.32. The second-order valence-electron chi connectivity index (χ2n) is 5.00. The zero-order valence-electron chi connectivity index (χ0n) is 13.7. The van der Waals surface area contributed by atoms with E-state index in [9.17, 15) is 4.79 Å². The van der Waals surface area contributed by atoms with Gasteiger partial charge in [0.15, 0.2) is 5.75 Å². The fourth-order valence-electron chi connectivity index (χ4n) is 2.12. The van der Waals surface area contributed by atoms with E-state index >= 15 is 0 Å². The molecule has 0 unspecified atom stereocenters. The smallest absolute Gasteiger partial charge is 0.224 e. The van der Waals surface area contributed by atoms with Gasteiger partial charge in [0.25, 0.3) is 0 Å². The van der Waals surface area contributed by atoms with Crippen molar-refractivity contribution in [2.45, 2.75) is 12.8 Å². The minimum atomic E-state index is -0.117. The van der Waals surface area contributed by atoms with Crippen molar-refractivity contribution in [3.63, 3.8) is 0 Å². The highest BCUT2D eigenvalue weighted by Crippen LogP contribution is 2.32. The Labute approximate surface area is 146 Å². The first kappa shape index (κ1) is 17.9. The van der Waals surface area contributed by atoms with Gasteiger partial charge >= 0.3 is 0 Å². The Morgan fingerprint density at radius 1 is 1.04 bits per heavy atom. The molecule has 0 aliphatic rings. The fourth-order valence-corrected chi connectivity index (χ4v) is 2.37. The van der Waals surface area contributed by atoms with Gasteiger partial charge in [0.05, 0.1) is 31.5 Å². The van der Waals surface area contributed by atoms with Crippen molar-refractivity contribution in [1.82, 2.24) is 0 Å². The second-order valence-corrected chi connectivity index (χ2v) is 5.40. The van der Waals surface area contributed by atoms with Gasteiger partial charge in [-0.25, -0.2) is 0 Å². The largest absolute Gasteiger partial charge is 0.497 e. The van der Waals surface area contributed by atoms with Crippen LogP contribution in [0.5, 0.6) is 17.2 Å². The number of anilines is 1. The standard InChI is InChI=1S/C18H20ClNO4/c1-22-13-8-10-14(11-9-13)24-12-4-7-17(21)20-16-6-3-5-15(19)18(16)23-2/h3,5-6,8-11H,4,7,12H2,1-2H3,(H,20,21). The first-order valence-corrected chi connectivity index (χ1v) is 7.91. The molecule has 5 nitrogen and oxygen atoms in total. The summed E-state index contributed by atoms with van der Waals surface area (Å²) in [7, 11) is 3.13. The summed E-state index contributed by atoms with van der Waals surface area (Å²) in [4.78, 5) is 12.0. The second kappa shape index (κ2) is 9.03. The average molecular weight is 350 g/mol. The Morgan fingerprint density at radius 2 is 1.75 bits per heavy atom. The molecule has 1 N–H and O–H groups in total. The zero-order valence-corrected chi connectivity index (χ0v) is 14.4. The first-order chi connectivity index (χ1) is 11.6. The Bertz CT molecular complexity index is 673. The molecule has 0 heterocycles. The molecule has 0 radical (unpaired) electrons. The summed E-state index contributed by atoms with van der Waals surface area (Å²) in [6, 6.07) is 12.5. The normalized spacial score (nSPS) is 10.1. The number of carbonyl (C=O) groups excluding carboxylic acids is 1. The predicted octanol–water partition coefficient (Wildman–Crippen LogP) is 4.15. The summed E-state index contributed by atoms with van der Waals surface area (Å²) >= 11 is 6.02. The summed E-state index contributed by atoms with van der Waals surface area (Å²) in [5.41, 5.74) is 0.561. The molecule has 1 amide bonds. The van der Waals surface area contributed by atoms with Crippen molar-refractivity contribution >= 4 is 23.2 Å². The van der Waals surface area contributed by atoms with Gasteiger partial charge in [0.2, 0.25) is 5.91 Å². The van der Waals surface area contributed by atoms with E-state index < -0.39 is 0 Å². The molecule has 128 valence electrons. The number of amides is 1. The van der Waals surface area contributed by atoms with Gasteiger partial charge in [-0.05, 0) is 42.8 Å². The molecular weight excluding hydrogens is 330 g/mol. The summed E-state index contributed by atoms with van der Waals surface area (Å²) < 4.78 is 15.9. The van der Waals surface area contributed by atoms with E-state index in [-0.39, 0.29) is 5.91 Å². The lowest BCUT2D eigenvalue weighted by Gasteiger charge is -2.11. The maximum atomic E-state index is 12.0. The number of hydrogen-bond acceptors (Lipinski definition) is 4. The molecule has 6 heteroatoms. The lowest BCUT2D eigenvalue weighted by atomic mass is 10.2. The molecule has 2 aromatic rings. The van der Waals surface area contributed by atoms with Crippen LogP contribution in [0.15, 0.2) is 42.5 Å². The number of halogens is 1. The van der Waals surface area contributed by atoms with Crippen LogP contribution in [0.4, 0.5) is 5.69 Å². The SMILES string of the molecule is COc1ccc(OCCCC(=O)Nc2cccc(Cl)c2OC)cc1. The Balaban J connectivity index is 1.76. The number of ether oxygens (including phenoxy) is 3. The quantitative estimate of drug-likeness (QED) is 0.727. The molecule has 0 aromatic heterocycles. The van der Waals surface area contributed by atoms with E-state index in [0.717, 1.165) is 11.5 Å². The van der Waals surface area contributed by atoms with Gasteiger partial charge in [-0.1, -0.05) is 17.7 Å². The molecule has 0 aliphatic carbocycles. The predicted molar refractivity (Wildman–Crippen MR) is 94.4 cm³/mol. The van der Waals surface area contributed by atoms with E-state index in [4.69, 9.17) is 25.8 Å². The van der Waals surface area contributed by atoms with Crippen LogP contribution in [-0.2, 0) is 4.79 Å². The molecule has 24 heavy (non-hydrogen) atoms. The van der Waals surface area contributed by atoms with Gasteiger partial charge in [-0.2, -0.15) is 0 Å². The van der Waals surface area contributed by atoms with E-state index in [1.165, 1.54) is 7.11 Å². The zero-order chi connectivity index (χ0) is 17.4. The Kier molecular flexibility index (Phi) is 6.75. The number of para-hydroxylation sites is 1. The number of nitrogens with one attached hydrogen (secondary N) is 1. The van der Waals surface area contributed by atoms with Gasteiger partial charge in [-0.15, -0.1) is 0 Å². The fraction of sp³-hybridized carbons (Fsp3) is 0.278. The summed E-state index contributed by atoms with van der Waals surface area (Å²) in [5.74, 6) is 1.86. The van der Waals surface area contributed by atoms with Gasteiger partial charge < -0.3 is 19.5 Å². The Hall–Kier alpha value is -2.40. The Morgan fingerprint density at radius 3 is 2.42 bits per heavy atom. The van der Waals surface area contributed by atoms with Crippen LogP contribution in [0, 0.1) is 0 Å². The van der Waals surface area contributed by atoms with Crippen LogP contribution >= 0.6 is 11.6 Å². The van der Waals surface area contributed by atoms with Crippen molar-refractivity contribution in [1.29, 1.82) is 0 Å². The summed E-state index contributed by atoms with van der Waals surface area (Å²) in [5, 5.41) is 3.25. The number of benzene rings is 2. The van der Waals surface area contributed by atoms with E-state index in [2.05, 4.69) is 5.32 Å². The molecule has 0 spiro atoms. The number of hydrogen-bond donors (Lipinski definition) is 1. The van der Waals surface area contributed by atoms with Crippen molar-refractivity contribution < 1.29 is 19.0 Å². The van der Waals surface area contributed by atoms with E-state index in [1.807, 2.05) is 24.3 Å². The molecule has 0 atom stereocenters. The third-order valence-electron chi connectivity index (χ3n) is 3.32. The van der Waals surface area contributed by atoms with Crippen molar-refractivity contribution in [2.75, 3.05) is 26.1 Å². The minimum Gasteiger partial charge on any atom is -0.497 e. The maximum absolute atomic E-state index is 12.0. The summed E-state index contributed by atoms with van der Waals surface area (Å²) in [6.07, 6.45) is 0.937. The minimum absolute atomic E-state index is 0.117. The highest BCUT2D eigenvalue weighted by atomic mass is 35.5. The number of rotatable bonds is 8. The van der Waals surface area contributed by atoms with Gasteiger partial charge in [0, 0.05) is 6.42 Å². The third-order valence-corrected chi connectivity index (χ3v) is 3.62. The van der Waals surface area contributed by atoms with Gasteiger partial charge in [0.1, 0.15) is 11.5 Å². The molecule has 2 aromatic carbocycles. The summed E-state index contributed by atoms with van der Waals surface area (Å²) in [6.45, 7) is 0.451. The lowest BCUT2D eigenvalue weighted by molar-refractivity contribution is -0.116. The molecule has 0 saturated carbocycles. The van der Waals surface area contributed by atoms with Crippen LogP contribution < -0.4 is 19.5 Å². The molecule has 0 aliphatic heterocycles. The van der Waals surface area contributed by atoms with Crippen LogP contribution in [0.1, 0.15) is 12.8 Å². The maximum Gasteiger partial charge on any atom is 0.224 e.